The highest BCUT2D eigenvalue weighted by atomic mass is 32.2. The van der Waals surface area contributed by atoms with E-state index >= 15 is 0 Å². The predicted molar refractivity (Wildman–Crippen MR) is 164 cm³/mol. The monoisotopic (exact) mass is 616 g/mol. The van der Waals surface area contributed by atoms with Crippen molar-refractivity contribution >= 4 is 39.0 Å². The number of carbonyl (C=O) groups excluding carboxylic acids is 1. The summed E-state index contributed by atoms with van der Waals surface area (Å²) in [5, 5.41) is 25.4. The first-order chi connectivity index (χ1) is 20.6. The number of aliphatic hydroxyl groups is 1. The van der Waals surface area contributed by atoms with Gasteiger partial charge in [0, 0.05) is 43.3 Å². The maximum Gasteiger partial charge on any atom is 0.290 e. The summed E-state index contributed by atoms with van der Waals surface area (Å²) < 4.78 is 43.0. The van der Waals surface area contributed by atoms with Crippen molar-refractivity contribution in [3.05, 3.63) is 65.1 Å². The summed E-state index contributed by atoms with van der Waals surface area (Å²) >= 11 is 0. The summed E-state index contributed by atoms with van der Waals surface area (Å²) in [6.45, 7) is 2.43. The molecule has 1 aliphatic heterocycles. The molecule has 2 atom stereocenters. The molecule has 2 aliphatic rings. The van der Waals surface area contributed by atoms with Crippen LogP contribution >= 0.6 is 0 Å². The number of nitrogens with one attached hydrogen (secondary N) is 2. The van der Waals surface area contributed by atoms with Crippen LogP contribution in [0.3, 0.4) is 0 Å². The van der Waals surface area contributed by atoms with E-state index in [-0.39, 0.29) is 24.5 Å². The van der Waals surface area contributed by atoms with Gasteiger partial charge in [-0.1, -0.05) is 38.3 Å². The van der Waals surface area contributed by atoms with Crippen molar-refractivity contribution in [2.75, 3.05) is 23.7 Å². The van der Waals surface area contributed by atoms with Gasteiger partial charge in [-0.15, -0.1) is 0 Å². The van der Waals surface area contributed by atoms with Gasteiger partial charge >= 0.3 is 0 Å². The lowest BCUT2D eigenvalue weighted by Crippen LogP contribution is -2.50. The van der Waals surface area contributed by atoms with Crippen LogP contribution in [0.2, 0.25) is 0 Å². The van der Waals surface area contributed by atoms with E-state index in [1.165, 1.54) is 29.9 Å². The summed E-state index contributed by atoms with van der Waals surface area (Å²) in [6, 6.07) is 9.24. The van der Waals surface area contributed by atoms with Gasteiger partial charge in [0.1, 0.15) is 5.82 Å². The molecule has 0 radical (unpaired) electrons. The molecule has 10 nitrogen and oxygen atoms in total. The first-order valence-corrected chi connectivity index (χ1v) is 16.4. The first kappa shape index (κ1) is 32.4. The Bertz CT molecular complexity index is 1540. The lowest BCUT2D eigenvalue weighted by atomic mass is 9.94. The molecule has 1 amide bonds. The molecule has 0 unspecified atom stereocenters. The van der Waals surface area contributed by atoms with Crippen molar-refractivity contribution in [1.82, 2.24) is 15.2 Å². The molecule has 4 N–H and O–H groups in total. The zero-order valence-corrected chi connectivity index (χ0v) is 25.4. The third-order valence-electron chi connectivity index (χ3n) is 8.37. The van der Waals surface area contributed by atoms with E-state index in [9.17, 15) is 22.7 Å². The molecule has 3 aromatic rings. The number of aliphatic hydroxyl groups excluding tert-OH is 1. The Kier molecular flexibility index (Phi) is 10.8. The van der Waals surface area contributed by atoms with E-state index < -0.39 is 28.1 Å². The maximum absolute atomic E-state index is 14.0. The van der Waals surface area contributed by atoms with Gasteiger partial charge in [-0.3, -0.25) is 13.9 Å². The summed E-state index contributed by atoms with van der Waals surface area (Å²) in [5.74, 6) is -0.817. The molecule has 5 rings (SSSR count). The third kappa shape index (κ3) is 7.73. The third-order valence-corrected chi connectivity index (χ3v) is 10.1. The van der Waals surface area contributed by atoms with Gasteiger partial charge < -0.3 is 25.4 Å². The Hall–Kier alpha value is -3.48. The molecule has 1 fully saturated rings. The van der Waals surface area contributed by atoms with Crippen molar-refractivity contribution in [2.24, 2.45) is 0 Å². The highest BCUT2D eigenvalue weighted by Crippen LogP contribution is 2.35. The number of rotatable bonds is 9. The van der Waals surface area contributed by atoms with Crippen LogP contribution in [0.1, 0.15) is 60.5 Å². The van der Waals surface area contributed by atoms with E-state index in [0.29, 0.717) is 35.9 Å². The molecule has 234 valence electrons. The number of amides is 1. The second kappa shape index (κ2) is 14.3. The lowest BCUT2D eigenvalue weighted by Gasteiger charge is -2.28. The molecule has 2 heterocycles. The first-order valence-electron chi connectivity index (χ1n) is 14.7. The minimum atomic E-state index is -3.55. The van der Waals surface area contributed by atoms with Crippen molar-refractivity contribution in [3.63, 3.8) is 0 Å². The average molecular weight is 617 g/mol. The second-order valence-corrected chi connectivity index (χ2v) is 13.3. The van der Waals surface area contributed by atoms with Crippen molar-refractivity contribution in [3.8, 4) is 0 Å². The van der Waals surface area contributed by atoms with E-state index in [0.717, 1.165) is 48.6 Å². The molecule has 1 saturated carbocycles. The molecular weight excluding hydrogens is 575 g/mol. The highest BCUT2D eigenvalue weighted by molar-refractivity contribution is 7.92. The van der Waals surface area contributed by atoms with E-state index in [4.69, 9.17) is 9.90 Å². The average Bonchev–Trinajstić information content (AvgIpc) is 3.32. The van der Waals surface area contributed by atoms with Crippen LogP contribution in [0.4, 0.5) is 10.1 Å². The lowest BCUT2D eigenvalue weighted by molar-refractivity contribution is -0.122. The number of hydrogen-bond acceptors (Lipinski definition) is 6. The van der Waals surface area contributed by atoms with Gasteiger partial charge in [0.25, 0.3) is 12.4 Å². The number of benzene rings is 2. The Labute approximate surface area is 251 Å². The molecule has 0 saturated heterocycles. The fourth-order valence-electron chi connectivity index (χ4n) is 6.01. The summed E-state index contributed by atoms with van der Waals surface area (Å²) in [5.41, 5.74) is 3.27. The van der Waals surface area contributed by atoms with Gasteiger partial charge in [-0.2, -0.15) is 0 Å². The van der Waals surface area contributed by atoms with Crippen LogP contribution in [0.5, 0.6) is 0 Å². The standard InChI is InChI=1S/C30H39FN4O4S.CH2O2/c1-3-21-19-35-12-13-40(38,39)34(2)27-17-22(16-25(21)29(27)35)30(37)33-26(15-20-8-7-9-23(31)14-20)28(36)18-32-24-10-5-4-6-11-24;2-1-3/h7-9,14,16-17,19,24,26,28,32,36H,3-6,10-13,15,18H2,1-2H3,(H,33,37);1H,(H,2,3)/t26-,28+;/m0./s1. The maximum atomic E-state index is 14.0. The zero-order chi connectivity index (χ0) is 31.1. The van der Waals surface area contributed by atoms with Gasteiger partial charge in [-0.05, 0) is 61.1 Å². The minimum absolute atomic E-state index is 0.0253. The Balaban J connectivity index is 0.00000135. The Morgan fingerprint density at radius 2 is 1.91 bits per heavy atom. The van der Waals surface area contributed by atoms with Gasteiger partial charge in [0.05, 0.1) is 29.1 Å². The number of sulfonamides is 1. The Morgan fingerprint density at radius 3 is 2.58 bits per heavy atom. The number of nitrogens with zero attached hydrogens (tertiary/aromatic N) is 2. The van der Waals surface area contributed by atoms with Crippen LogP contribution in [0.25, 0.3) is 10.9 Å². The summed E-state index contributed by atoms with van der Waals surface area (Å²) in [7, 11) is -2.02. The molecule has 43 heavy (non-hydrogen) atoms. The molecular formula is C31H41FN4O6S. The molecule has 2 aromatic carbocycles. The van der Waals surface area contributed by atoms with Gasteiger partial charge in [-0.25, -0.2) is 12.8 Å². The normalized spacial score (nSPS) is 17.8. The number of aryl methyl sites for hydroxylation is 2. The topological polar surface area (TPSA) is 141 Å². The second-order valence-electron chi connectivity index (χ2n) is 11.2. The van der Waals surface area contributed by atoms with Gasteiger partial charge in [0.2, 0.25) is 10.0 Å². The van der Waals surface area contributed by atoms with Crippen molar-refractivity contribution in [1.29, 1.82) is 0 Å². The van der Waals surface area contributed by atoms with Crippen LogP contribution in [-0.4, -0.2) is 73.1 Å². The molecule has 1 aromatic heterocycles. The van der Waals surface area contributed by atoms with Gasteiger partial charge in [0.15, 0.2) is 0 Å². The zero-order valence-electron chi connectivity index (χ0n) is 24.6. The van der Waals surface area contributed by atoms with Crippen molar-refractivity contribution < 1.29 is 32.6 Å². The fourth-order valence-corrected chi connectivity index (χ4v) is 7.15. The van der Waals surface area contributed by atoms with Crippen LogP contribution in [-0.2, 0) is 34.2 Å². The minimum Gasteiger partial charge on any atom is -0.483 e. The summed E-state index contributed by atoms with van der Waals surface area (Å²) in [4.78, 5) is 22.1. The number of aromatic nitrogens is 1. The van der Waals surface area contributed by atoms with Crippen LogP contribution in [0, 0.1) is 5.82 Å². The van der Waals surface area contributed by atoms with Crippen molar-refractivity contribution in [2.45, 2.75) is 76.6 Å². The number of anilines is 1. The van der Waals surface area contributed by atoms with Crippen LogP contribution in [0.15, 0.2) is 42.6 Å². The predicted octanol–water partition coefficient (Wildman–Crippen LogP) is 3.45. The Morgan fingerprint density at radius 1 is 1.19 bits per heavy atom. The number of hydrogen-bond donors (Lipinski definition) is 4. The number of carbonyl (C=O) groups is 2. The largest absolute Gasteiger partial charge is 0.483 e. The molecule has 0 bridgehead atoms. The van der Waals surface area contributed by atoms with E-state index in [1.807, 2.05) is 17.7 Å². The van der Waals surface area contributed by atoms with E-state index in [1.54, 1.807) is 24.3 Å². The quantitative estimate of drug-likeness (QED) is 0.270. The highest BCUT2D eigenvalue weighted by Gasteiger charge is 2.29. The molecule has 1 aliphatic carbocycles. The SMILES string of the molecule is CCc1cn2c3c(cc(C(=O)N[C@@H](Cc4cccc(F)c4)[C@H](O)CNC4CCCCC4)cc13)N(C)S(=O)(=O)CC2.O=CO. The molecule has 12 heteroatoms. The number of halogens is 1. The smallest absolute Gasteiger partial charge is 0.290 e. The molecule has 0 spiro atoms. The fraction of sp³-hybridized carbons (Fsp3) is 0.484. The van der Waals surface area contributed by atoms with E-state index in [2.05, 4.69) is 10.6 Å². The summed E-state index contributed by atoms with van der Waals surface area (Å²) in [6.07, 6.45) is 7.72. The number of carboxylic acid groups (broad SMARTS) is 1. The van der Waals surface area contributed by atoms with Crippen LogP contribution < -0.4 is 14.9 Å².